The molecule has 0 spiro atoms. The first-order valence-corrected chi connectivity index (χ1v) is 10.3. The molecule has 148 valence electrons. The molecule has 1 aliphatic rings. The number of ether oxygens (including phenoxy) is 1. The summed E-state index contributed by atoms with van der Waals surface area (Å²) in [7, 11) is 1.39. The Hall–Kier alpha value is -3.38. The molecule has 5 nitrogen and oxygen atoms in total. The van der Waals surface area contributed by atoms with Crippen LogP contribution < -0.4 is 5.32 Å². The van der Waals surface area contributed by atoms with Crippen molar-refractivity contribution < 1.29 is 9.53 Å². The number of esters is 1. The molecule has 1 atom stereocenters. The summed E-state index contributed by atoms with van der Waals surface area (Å²) in [6, 6.07) is 23.7. The van der Waals surface area contributed by atoms with Gasteiger partial charge in [0, 0.05) is 10.2 Å². The molecule has 0 saturated heterocycles. The first-order chi connectivity index (χ1) is 14.6. The van der Waals surface area contributed by atoms with Crippen molar-refractivity contribution in [3.63, 3.8) is 0 Å². The van der Waals surface area contributed by atoms with Gasteiger partial charge in [-0.1, -0.05) is 52.3 Å². The standard InChI is InChI=1S/C24H18BrN3O2/c1-30-23(29)17-8-6-16(7-9-17)22-14-20(15-10-12-18(25)13-11-15)27-24-26-19-4-2-3-5-21(19)28(22)24/h2-14,22H,1H3,(H,26,27)/t22-/m1/s1. The second-order valence-electron chi connectivity index (χ2n) is 7.06. The van der Waals surface area contributed by atoms with E-state index in [-0.39, 0.29) is 12.0 Å². The first-order valence-electron chi connectivity index (χ1n) is 9.54. The van der Waals surface area contributed by atoms with Crippen molar-refractivity contribution >= 4 is 44.6 Å². The van der Waals surface area contributed by atoms with Gasteiger partial charge in [-0.2, -0.15) is 0 Å². The van der Waals surface area contributed by atoms with Crippen LogP contribution in [0, 0.1) is 0 Å². The molecule has 1 N–H and O–H groups in total. The predicted molar refractivity (Wildman–Crippen MR) is 121 cm³/mol. The van der Waals surface area contributed by atoms with Crippen LogP contribution in [0.5, 0.6) is 0 Å². The van der Waals surface area contributed by atoms with E-state index in [1.807, 2.05) is 42.5 Å². The zero-order valence-corrected chi connectivity index (χ0v) is 17.8. The van der Waals surface area contributed by atoms with E-state index in [2.05, 4.69) is 50.1 Å². The van der Waals surface area contributed by atoms with Crippen molar-refractivity contribution in [3.05, 3.63) is 100 Å². The minimum absolute atomic E-state index is 0.0704. The number of fused-ring (bicyclic) bond motifs is 3. The third kappa shape index (κ3) is 3.19. The van der Waals surface area contributed by atoms with Gasteiger partial charge in [0.15, 0.2) is 0 Å². The number of methoxy groups -OCH3 is 1. The summed E-state index contributed by atoms with van der Waals surface area (Å²) < 4.78 is 8.05. The molecule has 0 saturated carbocycles. The summed E-state index contributed by atoms with van der Waals surface area (Å²) in [5, 5.41) is 3.48. The van der Waals surface area contributed by atoms with Gasteiger partial charge < -0.3 is 10.1 Å². The number of imidazole rings is 1. The number of anilines is 1. The zero-order valence-electron chi connectivity index (χ0n) is 16.2. The summed E-state index contributed by atoms with van der Waals surface area (Å²) in [5.74, 6) is 0.449. The highest BCUT2D eigenvalue weighted by Crippen LogP contribution is 2.37. The number of nitrogens with one attached hydrogen (secondary N) is 1. The smallest absolute Gasteiger partial charge is 0.337 e. The largest absolute Gasteiger partial charge is 0.465 e. The highest BCUT2D eigenvalue weighted by Gasteiger charge is 2.25. The van der Waals surface area contributed by atoms with Gasteiger partial charge in [-0.05, 0) is 53.6 Å². The number of rotatable bonds is 3. The Bertz CT molecular complexity index is 1270. The fraction of sp³-hybridized carbons (Fsp3) is 0.0833. The number of carbonyl (C=O) groups excluding carboxylic acids is 1. The van der Waals surface area contributed by atoms with Gasteiger partial charge >= 0.3 is 5.97 Å². The van der Waals surface area contributed by atoms with Gasteiger partial charge in [0.2, 0.25) is 5.95 Å². The Morgan fingerprint density at radius 2 is 1.77 bits per heavy atom. The SMILES string of the molecule is COC(=O)c1ccc([C@H]2C=C(c3ccc(Br)cc3)Nc3nc4ccccc4n32)cc1. The first kappa shape index (κ1) is 18.6. The van der Waals surface area contributed by atoms with Crippen molar-refractivity contribution in [1.82, 2.24) is 9.55 Å². The van der Waals surface area contributed by atoms with Crippen LogP contribution >= 0.6 is 15.9 Å². The lowest BCUT2D eigenvalue weighted by Crippen LogP contribution is -2.19. The topological polar surface area (TPSA) is 56.1 Å². The van der Waals surface area contributed by atoms with Crippen LogP contribution in [-0.4, -0.2) is 22.6 Å². The molecule has 5 rings (SSSR count). The Morgan fingerprint density at radius 1 is 1.03 bits per heavy atom. The highest BCUT2D eigenvalue weighted by molar-refractivity contribution is 9.10. The minimum Gasteiger partial charge on any atom is -0.465 e. The molecule has 1 aliphatic heterocycles. The summed E-state index contributed by atoms with van der Waals surface area (Å²) in [4.78, 5) is 16.6. The quantitative estimate of drug-likeness (QED) is 0.402. The lowest BCUT2D eigenvalue weighted by Gasteiger charge is -2.26. The number of carbonyl (C=O) groups is 1. The number of aromatic nitrogens is 2. The van der Waals surface area contributed by atoms with Crippen LogP contribution in [0.3, 0.4) is 0 Å². The van der Waals surface area contributed by atoms with E-state index in [0.29, 0.717) is 5.56 Å². The van der Waals surface area contributed by atoms with E-state index in [4.69, 9.17) is 9.72 Å². The van der Waals surface area contributed by atoms with E-state index in [1.54, 1.807) is 12.1 Å². The molecule has 1 aromatic heterocycles. The predicted octanol–water partition coefficient (Wildman–Crippen LogP) is 5.64. The van der Waals surface area contributed by atoms with E-state index in [0.717, 1.165) is 38.3 Å². The van der Waals surface area contributed by atoms with E-state index in [9.17, 15) is 4.79 Å². The maximum atomic E-state index is 11.8. The van der Waals surface area contributed by atoms with Crippen molar-refractivity contribution in [1.29, 1.82) is 0 Å². The number of allylic oxidation sites excluding steroid dienone is 1. The van der Waals surface area contributed by atoms with Gasteiger partial charge in [0.1, 0.15) is 0 Å². The Morgan fingerprint density at radius 3 is 2.50 bits per heavy atom. The second kappa shape index (κ2) is 7.46. The number of hydrogen-bond donors (Lipinski definition) is 1. The normalized spacial score (nSPS) is 15.3. The van der Waals surface area contributed by atoms with Crippen LogP contribution in [-0.2, 0) is 4.74 Å². The average Bonchev–Trinajstić information content (AvgIpc) is 3.17. The molecular formula is C24H18BrN3O2. The maximum Gasteiger partial charge on any atom is 0.337 e. The van der Waals surface area contributed by atoms with Gasteiger partial charge in [-0.25, -0.2) is 9.78 Å². The Balaban J connectivity index is 1.65. The molecule has 3 aromatic carbocycles. The highest BCUT2D eigenvalue weighted by atomic mass is 79.9. The summed E-state index contributed by atoms with van der Waals surface area (Å²) >= 11 is 3.50. The van der Waals surface area contributed by atoms with Gasteiger partial charge in [-0.3, -0.25) is 4.57 Å². The van der Waals surface area contributed by atoms with Crippen LogP contribution in [0.1, 0.15) is 27.5 Å². The summed E-state index contributed by atoms with van der Waals surface area (Å²) in [5.41, 5.74) is 5.64. The molecule has 0 aliphatic carbocycles. The molecule has 0 fully saturated rings. The number of hydrogen-bond acceptors (Lipinski definition) is 4. The van der Waals surface area contributed by atoms with E-state index in [1.165, 1.54) is 7.11 Å². The van der Waals surface area contributed by atoms with Crippen molar-refractivity contribution in [2.75, 3.05) is 12.4 Å². The molecule has 0 radical (unpaired) electrons. The molecule has 30 heavy (non-hydrogen) atoms. The Kier molecular flexibility index (Phi) is 4.64. The molecule has 2 heterocycles. The molecule has 0 unspecified atom stereocenters. The monoisotopic (exact) mass is 459 g/mol. The summed E-state index contributed by atoms with van der Waals surface area (Å²) in [6.07, 6.45) is 2.19. The number of benzene rings is 3. The van der Waals surface area contributed by atoms with Crippen LogP contribution in [0.2, 0.25) is 0 Å². The third-order valence-corrected chi connectivity index (χ3v) is 5.80. The molecule has 0 amide bonds. The second-order valence-corrected chi connectivity index (χ2v) is 7.98. The number of nitrogens with zero attached hydrogens (tertiary/aromatic N) is 2. The van der Waals surface area contributed by atoms with Gasteiger partial charge in [0.05, 0.1) is 29.7 Å². The number of para-hydroxylation sites is 2. The van der Waals surface area contributed by atoms with Crippen molar-refractivity contribution in [3.8, 4) is 0 Å². The minimum atomic E-state index is -0.341. The maximum absolute atomic E-state index is 11.8. The van der Waals surface area contributed by atoms with Crippen molar-refractivity contribution in [2.24, 2.45) is 0 Å². The third-order valence-electron chi connectivity index (χ3n) is 5.27. The van der Waals surface area contributed by atoms with Crippen molar-refractivity contribution in [2.45, 2.75) is 6.04 Å². The van der Waals surface area contributed by atoms with Crippen LogP contribution in [0.4, 0.5) is 5.95 Å². The molecule has 6 heteroatoms. The average molecular weight is 460 g/mol. The van der Waals surface area contributed by atoms with Gasteiger partial charge in [0.25, 0.3) is 0 Å². The van der Waals surface area contributed by atoms with Crippen LogP contribution in [0.25, 0.3) is 16.7 Å². The van der Waals surface area contributed by atoms with Gasteiger partial charge in [-0.15, -0.1) is 0 Å². The Labute approximate surface area is 182 Å². The zero-order chi connectivity index (χ0) is 20.7. The molecular weight excluding hydrogens is 442 g/mol. The number of halogens is 1. The fourth-order valence-corrected chi connectivity index (χ4v) is 4.05. The lowest BCUT2D eigenvalue weighted by molar-refractivity contribution is 0.0600. The fourth-order valence-electron chi connectivity index (χ4n) is 3.79. The van der Waals surface area contributed by atoms with Crippen LogP contribution in [0.15, 0.2) is 83.3 Å². The van der Waals surface area contributed by atoms with E-state index < -0.39 is 0 Å². The molecule has 0 bridgehead atoms. The molecule has 4 aromatic rings. The lowest BCUT2D eigenvalue weighted by atomic mass is 10.00. The van der Waals surface area contributed by atoms with E-state index >= 15 is 0 Å². The summed E-state index contributed by atoms with van der Waals surface area (Å²) in [6.45, 7) is 0.